The lowest BCUT2D eigenvalue weighted by Crippen LogP contribution is -1.88. The van der Waals surface area contributed by atoms with Crippen molar-refractivity contribution in [3.8, 4) is 23.0 Å². The Morgan fingerprint density at radius 2 is 2.00 bits per heavy atom. The van der Waals surface area contributed by atoms with Crippen LogP contribution in [0.3, 0.4) is 0 Å². The second kappa shape index (κ2) is 4.06. The largest absolute Gasteiger partial charge is 0.459 e. The molecule has 0 aliphatic rings. The Hall–Kier alpha value is -2.50. The maximum absolute atomic E-state index is 13.5. The zero-order valence-electron chi connectivity index (χ0n) is 8.93. The van der Waals surface area contributed by atoms with Gasteiger partial charge in [0.25, 0.3) is 5.89 Å². The molecule has 3 aromatic rings. The molecule has 0 bridgehead atoms. The van der Waals surface area contributed by atoms with Gasteiger partial charge in [-0.25, -0.2) is 8.78 Å². The third kappa shape index (κ3) is 1.77. The van der Waals surface area contributed by atoms with Gasteiger partial charge < -0.3 is 8.94 Å². The highest BCUT2D eigenvalue weighted by Gasteiger charge is 2.15. The monoisotopic (exact) mass is 248 g/mol. The number of benzene rings is 1. The molecule has 2 heterocycles. The zero-order valence-corrected chi connectivity index (χ0v) is 8.93. The summed E-state index contributed by atoms with van der Waals surface area (Å²) < 4.78 is 36.3. The molecular formula is C12H6F2N2O2. The smallest absolute Gasteiger partial charge is 0.293 e. The molecule has 0 atom stereocenters. The molecule has 0 unspecified atom stereocenters. The predicted octanol–water partition coefficient (Wildman–Crippen LogP) is 3.27. The maximum Gasteiger partial charge on any atom is 0.293 e. The summed E-state index contributed by atoms with van der Waals surface area (Å²) in [7, 11) is 0. The summed E-state index contributed by atoms with van der Waals surface area (Å²) >= 11 is 0. The van der Waals surface area contributed by atoms with Crippen molar-refractivity contribution in [1.29, 1.82) is 0 Å². The number of rotatable bonds is 2. The average molecular weight is 248 g/mol. The van der Waals surface area contributed by atoms with Crippen LogP contribution < -0.4 is 0 Å². The van der Waals surface area contributed by atoms with E-state index in [-0.39, 0.29) is 17.3 Å². The van der Waals surface area contributed by atoms with Gasteiger partial charge in [0.05, 0.1) is 11.8 Å². The molecule has 0 N–H and O–H groups in total. The molecule has 1 aromatic carbocycles. The Morgan fingerprint density at radius 1 is 1.11 bits per heavy atom. The maximum atomic E-state index is 13.5. The SMILES string of the molecule is Fc1ccc(-c2noc(-c3ccco3)n2)c(F)c1. The van der Waals surface area contributed by atoms with Crippen LogP contribution in [0.4, 0.5) is 8.78 Å². The van der Waals surface area contributed by atoms with E-state index in [9.17, 15) is 8.78 Å². The van der Waals surface area contributed by atoms with E-state index in [2.05, 4.69) is 10.1 Å². The third-order valence-corrected chi connectivity index (χ3v) is 2.33. The molecule has 0 saturated heterocycles. The minimum atomic E-state index is -0.748. The van der Waals surface area contributed by atoms with Gasteiger partial charge in [-0.15, -0.1) is 0 Å². The summed E-state index contributed by atoms with van der Waals surface area (Å²) in [5.41, 5.74) is 0.0676. The van der Waals surface area contributed by atoms with Crippen molar-refractivity contribution in [2.75, 3.05) is 0 Å². The van der Waals surface area contributed by atoms with Gasteiger partial charge in [0.1, 0.15) is 11.6 Å². The fourth-order valence-electron chi connectivity index (χ4n) is 1.50. The second-order valence-electron chi connectivity index (χ2n) is 3.52. The molecule has 0 radical (unpaired) electrons. The Balaban J connectivity index is 2.03. The van der Waals surface area contributed by atoms with Gasteiger partial charge in [-0.1, -0.05) is 5.16 Å². The summed E-state index contributed by atoms with van der Waals surface area (Å²) in [4.78, 5) is 3.98. The van der Waals surface area contributed by atoms with Crippen molar-refractivity contribution in [3.05, 3.63) is 48.2 Å². The van der Waals surface area contributed by atoms with E-state index in [4.69, 9.17) is 8.94 Å². The highest BCUT2D eigenvalue weighted by Crippen LogP contribution is 2.24. The molecule has 2 aromatic heterocycles. The molecule has 0 aliphatic heterocycles. The van der Waals surface area contributed by atoms with Crippen LogP contribution in [-0.2, 0) is 0 Å². The van der Waals surface area contributed by atoms with Gasteiger partial charge >= 0.3 is 0 Å². The Kier molecular flexibility index (Phi) is 2.40. The van der Waals surface area contributed by atoms with Crippen molar-refractivity contribution in [2.24, 2.45) is 0 Å². The fraction of sp³-hybridized carbons (Fsp3) is 0. The second-order valence-corrected chi connectivity index (χ2v) is 3.52. The van der Waals surface area contributed by atoms with Crippen LogP contribution in [0.25, 0.3) is 23.0 Å². The predicted molar refractivity (Wildman–Crippen MR) is 57.4 cm³/mol. The Bertz CT molecular complexity index is 677. The van der Waals surface area contributed by atoms with Crippen molar-refractivity contribution < 1.29 is 17.7 Å². The van der Waals surface area contributed by atoms with Gasteiger partial charge in [0, 0.05) is 6.07 Å². The van der Waals surface area contributed by atoms with E-state index < -0.39 is 11.6 Å². The number of hydrogen-bond acceptors (Lipinski definition) is 4. The summed E-state index contributed by atoms with van der Waals surface area (Å²) in [6.07, 6.45) is 1.46. The van der Waals surface area contributed by atoms with Crippen molar-refractivity contribution in [2.45, 2.75) is 0 Å². The number of aromatic nitrogens is 2. The van der Waals surface area contributed by atoms with Crippen molar-refractivity contribution in [3.63, 3.8) is 0 Å². The quantitative estimate of drug-likeness (QED) is 0.698. The first-order chi connectivity index (χ1) is 8.74. The molecule has 90 valence electrons. The van der Waals surface area contributed by atoms with Crippen LogP contribution in [-0.4, -0.2) is 10.1 Å². The normalized spacial score (nSPS) is 10.8. The minimum Gasteiger partial charge on any atom is -0.459 e. The van der Waals surface area contributed by atoms with E-state index in [1.807, 2.05) is 0 Å². The summed E-state index contributed by atoms with van der Waals surface area (Å²) in [5.74, 6) is -0.846. The van der Waals surface area contributed by atoms with E-state index in [0.29, 0.717) is 5.76 Å². The Labute approximate surface area is 99.9 Å². The van der Waals surface area contributed by atoms with Crippen LogP contribution in [0.2, 0.25) is 0 Å². The first-order valence-corrected chi connectivity index (χ1v) is 5.07. The highest BCUT2D eigenvalue weighted by molar-refractivity contribution is 5.57. The first-order valence-electron chi connectivity index (χ1n) is 5.07. The molecule has 0 aliphatic carbocycles. The third-order valence-electron chi connectivity index (χ3n) is 2.33. The van der Waals surface area contributed by atoms with E-state index in [1.165, 1.54) is 12.3 Å². The molecular weight excluding hydrogens is 242 g/mol. The lowest BCUT2D eigenvalue weighted by Gasteiger charge is -1.96. The van der Waals surface area contributed by atoms with Gasteiger partial charge in [-0.05, 0) is 24.3 Å². The molecule has 6 heteroatoms. The van der Waals surface area contributed by atoms with Crippen LogP contribution in [0.5, 0.6) is 0 Å². The van der Waals surface area contributed by atoms with Crippen LogP contribution in [0.15, 0.2) is 45.5 Å². The molecule has 3 rings (SSSR count). The molecule has 0 amide bonds. The van der Waals surface area contributed by atoms with E-state index in [0.717, 1.165) is 12.1 Å². The Morgan fingerprint density at radius 3 is 2.72 bits per heavy atom. The van der Waals surface area contributed by atoms with Gasteiger partial charge in [0.15, 0.2) is 5.76 Å². The number of halogens is 2. The van der Waals surface area contributed by atoms with E-state index >= 15 is 0 Å². The topological polar surface area (TPSA) is 52.1 Å². The number of furan rings is 1. The molecule has 4 nitrogen and oxygen atoms in total. The zero-order chi connectivity index (χ0) is 12.5. The molecule has 0 spiro atoms. The van der Waals surface area contributed by atoms with Crippen molar-refractivity contribution >= 4 is 0 Å². The van der Waals surface area contributed by atoms with Gasteiger partial charge in [0.2, 0.25) is 5.82 Å². The van der Waals surface area contributed by atoms with Gasteiger partial charge in [-0.2, -0.15) is 4.98 Å². The van der Waals surface area contributed by atoms with E-state index in [1.54, 1.807) is 12.1 Å². The lowest BCUT2D eigenvalue weighted by atomic mass is 10.2. The summed E-state index contributed by atoms with van der Waals surface area (Å²) in [6, 6.07) is 6.44. The highest BCUT2D eigenvalue weighted by atomic mass is 19.1. The summed E-state index contributed by atoms with van der Waals surface area (Å²) in [6.45, 7) is 0. The minimum absolute atomic E-state index is 0.0406. The lowest BCUT2D eigenvalue weighted by molar-refractivity contribution is 0.416. The average Bonchev–Trinajstić information content (AvgIpc) is 2.99. The van der Waals surface area contributed by atoms with Crippen LogP contribution in [0.1, 0.15) is 0 Å². The number of hydrogen-bond donors (Lipinski definition) is 0. The number of nitrogens with zero attached hydrogens (tertiary/aromatic N) is 2. The van der Waals surface area contributed by atoms with Gasteiger partial charge in [-0.3, -0.25) is 0 Å². The van der Waals surface area contributed by atoms with Crippen LogP contribution >= 0.6 is 0 Å². The molecule has 0 fully saturated rings. The molecule has 18 heavy (non-hydrogen) atoms. The van der Waals surface area contributed by atoms with Crippen molar-refractivity contribution in [1.82, 2.24) is 10.1 Å². The fourth-order valence-corrected chi connectivity index (χ4v) is 1.50. The standard InChI is InChI=1S/C12H6F2N2O2/c13-7-3-4-8(9(14)6-7)11-15-12(18-16-11)10-2-1-5-17-10/h1-6H. The first kappa shape index (κ1) is 10.6. The molecule has 0 saturated carbocycles. The summed E-state index contributed by atoms with van der Waals surface area (Å²) in [5, 5.41) is 3.62. The van der Waals surface area contributed by atoms with Crippen LogP contribution in [0, 0.1) is 11.6 Å².